The Balaban J connectivity index is 1.73. The van der Waals surface area contributed by atoms with Gasteiger partial charge in [0.1, 0.15) is 5.75 Å². The van der Waals surface area contributed by atoms with Crippen molar-refractivity contribution < 1.29 is 14.6 Å². The molecule has 138 valence electrons. The van der Waals surface area contributed by atoms with Crippen LogP contribution in [0.4, 0.5) is 0 Å². The van der Waals surface area contributed by atoms with Crippen molar-refractivity contribution in [3.63, 3.8) is 0 Å². The minimum absolute atomic E-state index is 0.0570. The maximum atomic E-state index is 11.8. The van der Waals surface area contributed by atoms with Crippen LogP contribution in [0.1, 0.15) is 24.0 Å². The Kier molecular flexibility index (Phi) is 6.11. The van der Waals surface area contributed by atoms with E-state index >= 15 is 0 Å². The quantitative estimate of drug-likeness (QED) is 0.591. The van der Waals surface area contributed by atoms with Crippen LogP contribution in [0.15, 0.2) is 41.8 Å². The zero-order valence-corrected chi connectivity index (χ0v) is 15.8. The molecular formula is C19H23N3O3S. The average Bonchev–Trinajstić information content (AvgIpc) is 3.08. The van der Waals surface area contributed by atoms with Crippen LogP contribution in [0.5, 0.6) is 5.75 Å². The molecule has 1 aliphatic rings. The van der Waals surface area contributed by atoms with Crippen molar-refractivity contribution >= 4 is 17.7 Å². The smallest absolute Gasteiger partial charge is 0.308 e. The molecule has 7 heteroatoms. The molecule has 6 nitrogen and oxygen atoms in total. The fourth-order valence-electron chi connectivity index (χ4n) is 3.36. The lowest BCUT2D eigenvalue weighted by Crippen LogP contribution is -2.23. The predicted octanol–water partition coefficient (Wildman–Crippen LogP) is 2.90. The van der Waals surface area contributed by atoms with Crippen molar-refractivity contribution in [2.45, 2.75) is 24.5 Å². The van der Waals surface area contributed by atoms with E-state index in [1.54, 1.807) is 18.9 Å². The number of rotatable bonds is 7. The molecule has 2 atom stereocenters. The normalized spacial score (nSPS) is 20.2. The second-order valence-electron chi connectivity index (χ2n) is 6.33. The highest BCUT2D eigenvalue weighted by Crippen LogP contribution is 2.35. The van der Waals surface area contributed by atoms with Gasteiger partial charge < -0.3 is 9.84 Å². The summed E-state index contributed by atoms with van der Waals surface area (Å²) < 4.78 is 5.28. The zero-order valence-electron chi connectivity index (χ0n) is 15.0. The Morgan fingerprint density at radius 2 is 2.12 bits per heavy atom. The summed E-state index contributed by atoms with van der Waals surface area (Å²) in [7, 11) is 1.62. The molecule has 1 aromatic heterocycles. The number of likely N-dealkylation sites (tertiary alicyclic amines) is 1. The van der Waals surface area contributed by atoms with Crippen LogP contribution in [0, 0.1) is 5.92 Å². The third kappa shape index (κ3) is 4.34. The molecular weight excluding hydrogens is 350 g/mol. The van der Waals surface area contributed by atoms with Gasteiger partial charge in [0.05, 0.1) is 13.0 Å². The fourth-order valence-corrected chi connectivity index (χ4v) is 3.87. The maximum Gasteiger partial charge on any atom is 0.308 e. The van der Waals surface area contributed by atoms with Crippen molar-refractivity contribution in [1.82, 2.24) is 14.9 Å². The van der Waals surface area contributed by atoms with Crippen LogP contribution in [0.25, 0.3) is 0 Å². The Morgan fingerprint density at radius 1 is 1.35 bits per heavy atom. The summed E-state index contributed by atoms with van der Waals surface area (Å²) in [5.74, 6) is 0.443. The van der Waals surface area contributed by atoms with Gasteiger partial charge in [0, 0.05) is 43.5 Å². The van der Waals surface area contributed by atoms with Gasteiger partial charge in [-0.05, 0) is 23.4 Å². The number of carboxylic acid groups (broad SMARTS) is 1. The summed E-state index contributed by atoms with van der Waals surface area (Å²) >= 11 is 1.61. The van der Waals surface area contributed by atoms with Crippen molar-refractivity contribution in [1.29, 1.82) is 0 Å². The fraction of sp³-hybridized carbons (Fsp3) is 0.421. The molecule has 0 amide bonds. The minimum atomic E-state index is -0.758. The maximum absolute atomic E-state index is 11.8. The van der Waals surface area contributed by atoms with Crippen LogP contribution in [0.2, 0.25) is 0 Å². The van der Waals surface area contributed by atoms with E-state index in [9.17, 15) is 9.90 Å². The van der Waals surface area contributed by atoms with Crippen LogP contribution < -0.4 is 4.74 Å². The predicted molar refractivity (Wildman–Crippen MR) is 101 cm³/mol. The van der Waals surface area contributed by atoms with Crippen LogP contribution in [-0.4, -0.2) is 51.9 Å². The molecule has 1 N–H and O–H groups in total. The summed E-state index contributed by atoms with van der Waals surface area (Å²) in [5.41, 5.74) is 2.01. The van der Waals surface area contributed by atoms with E-state index in [1.807, 2.05) is 36.7 Å². The molecule has 0 saturated carbocycles. The number of ether oxygens (including phenoxy) is 1. The first-order valence-corrected chi connectivity index (χ1v) is 9.62. The number of hydrogen-bond donors (Lipinski definition) is 1. The summed E-state index contributed by atoms with van der Waals surface area (Å²) in [6.45, 7) is 3.93. The van der Waals surface area contributed by atoms with E-state index in [-0.39, 0.29) is 5.92 Å². The standard InChI is InChI=1S/C19H23N3O3S/c1-3-26-19-20-8-13(9-21-19)10-22-11-16(17(12-22)18(23)24)14-5-4-6-15(7-14)25-2/h4-9,16-17H,3,10-12H2,1-2H3,(H,23,24)/t16-,17+/m0/s1. The van der Waals surface area contributed by atoms with Crippen LogP contribution in [-0.2, 0) is 11.3 Å². The summed E-state index contributed by atoms with van der Waals surface area (Å²) in [5, 5.41) is 10.4. The number of aromatic nitrogens is 2. The molecule has 0 radical (unpaired) electrons. The second kappa shape index (κ2) is 8.51. The average molecular weight is 373 g/mol. The molecule has 26 heavy (non-hydrogen) atoms. The summed E-state index contributed by atoms with van der Waals surface area (Å²) in [4.78, 5) is 22.6. The molecule has 1 aliphatic heterocycles. The van der Waals surface area contributed by atoms with Gasteiger partial charge in [-0.25, -0.2) is 9.97 Å². The number of benzene rings is 1. The topological polar surface area (TPSA) is 75.6 Å². The second-order valence-corrected chi connectivity index (χ2v) is 7.56. The third-order valence-corrected chi connectivity index (χ3v) is 5.35. The third-order valence-electron chi connectivity index (χ3n) is 4.60. The van der Waals surface area contributed by atoms with Gasteiger partial charge in [-0.1, -0.05) is 30.8 Å². The van der Waals surface area contributed by atoms with Crippen molar-refractivity contribution in [3.05, 3.63) is 47.8 Å². The Labute approximate surface area is 157 Å². The first-order valence-electron chi connectivity index (χ1n) is 8.63. The lowest BCUT2D eigenvalue weighted by atomic mass is 9.89. The van der Waals surface area contributed by atoms with E-state index in [2.05, 4.69) is 21.8 Å². The van der Waals surface area contributed by atoms with Crippen LogP contribution >= 0.6 is 11.8 Å². The largest absolute Gasteiger partial charge is 0.497 e. The van der Waals surface area contributed by atoms with Crippen molar-refractivity contribution in [2.24, 2.45) is 5.92 Å². The highest BCUT2D eigenvalue weighted by molar-refractivity contribution is 7.99. The number of methoxy groups -OCH3 is 1. The lowest BCUT2D eigenvalue weighted by Gasteiger charge is -2.16. The van der Waals surface area contributed by atoms with E-state index in [1.165, 1.54) is 0 Å². The van der Waals surface area contributed by atoms with Gasteiger partial charge in [-0.2, -0.15) is 0 Å². The van der Waals surface area contributed by atoms with E-state index in [0.29, 0.717) is 19.6 Å². The van der Waals surface area contributed by atoms with Gasteiger partial charge in [0.2, 0.25) is 0 Å². The minimum Gasteiger partial charge on any atom is -0.497 e. The number of carboxylic acids is 1. The first-order chi connectivity index (χ1) is 12.6. The van der Waals surface area contributed by atoms with Gasteiger partial charge in [-0.15, -0.1) is 0 Å². The van der Waals surface area contributed by atoms with Gasteiger partial charge in [-0.3, -0.25) is 9.69 Å². The zero-order chi connectivity index (χ0) is 18.5. The molecule has 1 saturated heterocycles. The molecule has 2 aromatic rings. The van der Waals surface area contributed by atoms with Gasteiger partial charge >= 0.3 is 5.97 Å². The van der Waals surface area contributed by atoms with Crippen LogP contribution in [0.3, 0.4) is 0 Å². The molecule has 0 spiro atoms. The number of nitrogens with zero attached hydrogens (tertiary/aromatic N) is 3. The Bertz CT molecular complexity index is 754. The molecule has 0 aliphatic carbocycles. The highest BCUT2D eigenvalue weighted by Gasteiger charge is 2.38. The van der Waals surface area contributed by atoms with Gasteiger partial charge in [0.15, 0.2) is 5.16 Å². The summed E-state index contributed by atoms with van der Waals surface area (Å²) in [6, 6.07) is 7.70. The van der Waals surface area contributed by atoms with E-state index in [0.717, 1.165) is 27.8 Å². The Hall–Kier alpha value is -2.12. The monoisotopic (exact) mass is 373 g/mol. The van der Waals surface area contributed by atoms with Crippen molar-refractivity contribution in [2.75, 3.05) is 26.0 Å². The number of thioether (sulfide) groups is 1. The molecule has 0 unspecified atom stereocenters. The Morgan fingerprint density at radius 3 is 2.77 bits per heavy atom. The van der Waals surface area contributed by atoms with Crippen molar-refractivity contribution in [3.8, 4) is 5.75 Å². The molecule has 1 fully saturated rings. The number of carbonyl (C=O) groups is 1. The van der Waals surface area contributed by atoms with E-state index in [4.69, 9.17) is 4.74 Å². The highest BCUT2D eigenvalue weighted by atomic mass is 32.2. The molecule has 0 bridgehead atoms. The summed E-state index contributed by atoms with van der Waals surface area (Å²) in [6.07, 6.45) is 3.67. The molecule has 2 heterocycles. The number of aliphatic carboxylic acids is 1. The first kappa shape index (κ1) is 18.7. The SMILES string of the molecule is CCSc1ncc(CN2C[C@@H](C(=O)O)[C@H](c3cccc(OC)c3)C2)cn1. The van der Waals surface area contributed by atoms with E-state index < -0.39 is 11.9 Å². The number of hydrogen-bond acceptors (Lipinski definition) is 6. The molecule has 1 aromatic carbocycles. The lowest BCUT2D eigenvalue weighted by molar-refractivity contribution is -0.141. The molecule has 3 rings (SSSR count). The van der Waals surface area contributed by atoms with Gasteiger partial charge in [0.25, 0.3) is 0 Å².